The molecule has 4 aromatic rings. The quantitative estimate of drug-likeness (QED) is 0.421. The number of nitrogens with zero attached hydrogens (tertiary/aromatic N) is 3. The van der Waals surface area contributed by atoms with Crippen LogP contribution in [0.2, 0.25) is 0 Å². The summed E-state index contributed by atoms with van der Waals surface area (Å²) in [7, 11) is 0. The Kier molecular flexibility index (Phi) is 4.99. The fourth-order valence-electron chi connectivity index (χ4n) is 3.28. The molecule has 2 aromatic heterocycles. The Bertz CT molecular complexity index is 1100. The van der Waals surface area contributed by atoms with Crippen LogP contribution in [-0.2, 0) is 12.3 Å². The summed E-state index contributed by atoms with van der Waals surface area (Å²) >= 11 is 1.78. The third kappa shape index (κ3) is 3.91. The molecule has 0 spiro atoms. The van der Waals surface area contributed by atoms with Crippen molar-refractivity contribution >= 4 is 22.9 Å². The van der Waals surface area contributed by atoms with Crippen molar-refractivity contribution < 1.29 is 0 Å². The average Bonchev–Trinajstić information content (AvgIpc) is 3.01. The van der Waals surface area contributed by atoms with Gasteiger partial charge in [-0.1, -0.05) is 65.4 Å². The third-order valence-electron chi connectivity index (χ3n) is 4.75. The van der Waals surface area contributed by atoms with Gasteiger partial charge in [-0.15, -0.1) is 0 Å². The van der Waals surface area contributed by atoms with Crippen molar-refractivity contribution in [2.75, 3.05) is 0 Å². The summed E-state index contributed by atoms with van der Waals surface area (Å²) in [5.74, 6) is 0.901. The number of hydrogen-bond acceptors (Lipinski definition) is 3. The Labute approximate surface area is 164 Å². The van der Waals surface area contributed by atoms with Crippen LogP contribution in [0.3, 0.4) is 0 Å². The molecule has 0 atom stereocenters. The van der Waals surface area contributed by atoms with Crippen LogP contribution in [0.1, 0.15) is 27.8 Å². The number of benzene rings is 2. The normalized spacial score (nSPS) is 11.2. The molecule has 0 saturated heterocycles. The first-order chi connectivity index (χ1) is 13.1. The van der Waals surface area contributed by atoms with Crippen LogP contribution >= 0.6 is 11.8 Å². The van der Waals surface area contributed by atoms with Gasteiger partial charge in [-0.05, 0) is 49.6 Å². The molecule has 0 aliphatic heterocycles. The van der Waals surface area contributed by atoms with E-state index in [4.69, 9.17) is 4.98 Å². The second-order valence-electron chi connectivity index (χ2n) is 7.03. The maximum absolute atomic E-state index is 4.86. The van der Waals surface area contributed by atoms with Gasteiger partial charge in [-0.2, -0.15) is 0 Å². The number of rotatable bonds is 5. The number of pyridine rings is 1. The van der Waals surface area contributed by atoms with Crippen LogP contribution in [0.4, 0.5) is 0 Å². The molecule has 4 heteroatoms. The standard InChI is InChI=1S/C23H23N3S/c1-16-6-4-7-19(12-16)15-27-23-25-21-8-5-11-24-22(21)26(23)14-20-13-17(2)9-10-18(20)3/h4-13H,14-15H2,1-3H3. The van der Waals surface area contributed by atoms with E-state index >= 15 is 0 Å². The van der Waals surface area contributed by atoms with Crippen molar-refractivity contribution in [3.8, 4) is 0 Å². The molecular formula is C23H23N3S. The summed E-state index contributed by atoms with van der Waals surface area (Å²) in [4.78, 5) is 9.47. The fraction of sp³-hybridized carbons (Fsp3) is 0.217. The SMILES string of the molecule is Cc1cccc(CSc2nc3cccnc3n2Cc2cc(C)ccc2C)c1. The van der Waals surface area contributed by atoms with Gasteiger partial charge in [0.15, 0.2) is 10.8 Å². The summed E-state index contributed by atoms with van der Waals surface area (Å²) in [5, 5.41) is 1.02. The van der Waals surface area contributed by atoms with Gasteiger partial charge in [0, 0.05) is 11.9 Å². The predicted octanol–water partition coefficient (Wildman–Crippen LogP) is 5.70. The van der Waals surface area contributed by atoms with Crippen LogP contribution in [-0.4, -0.2) is 14.5 Å². The summed E-state index contributed by atoms with van der Waals surface area (Å²) in [6.45, 7) is 7.23. The lowest BCUT2D eigenvalue weighted by Gasteiger charge is -2.12. The summed E-state index contributed by atoms with van der Waals surface area (Å²) < 4.78 is 2.25. The van der Waals surface area contributed by atoms with Crippen molar-refractivity contribution in [3.63, 3.8) is 0 Å². The molecule has 0 aliphatic rings. The van der Waals surface area contributed by atoms with E-state index in [9.17, 15) is 0 Å². The molecule has 0 unspecified atom stereocenters. The third-order valence-corrected chi connectivity index (χ3v) is 5.80. The van der Waals surface area contributed by atoms with E-state index in [0.717, 1.165) is 28.6 Å². The lowest BCUT2D eigenvalue weighted by atomic mass is 10.1. The highest BCUT2D eigenvalue weighted by atomic mass is 32.2. The van der Waals surface area contributed by atoms with Crippen LogP contribution < -0.4 is 0 Å². The number of imidazole rings is 1. The van der Waals surface area contributed by atoms with Gasteiger partial charge in [-0.25, -0.2) is 9.97 Å². The molecule has 0 saturated carbocycles. The number of aryl methyl sites for hydroxylation is 3. The zero-order chi connectivity index (χ0) is 18.8. The smallest absolute Gasteiger partial charge is 0.170 e. The van der Waals surface area contributed by atoms with Crippen molar-refractivity contribution in [2.45, 2.75) is 38.2 Å². The lowest BCUT2D eigenvalue weighted by Crippen LogP contribution is -2.04. The molecule has 4 rings (SSSR count). The highest BCUT2D eigenvalue weighted by molar-refractivity contribution is 7.98. The topological polar surface area (TPSA) is 30.7 Å². The van der Waals surface area contributed by atoms with Crippen molar-refractivity contribution in [1.29, 1.82) is 0 Å². The average molecular weight is 374 g/mol. The second kappa shape index (κ2) is 7.57. The molecule has 136 valence electrons. The number of aromatic nitrogens is 3. The summed E-state index contributed by atoms with van der Waals surface area (Å²) in [5.41, 5.74) is 8.41. The molecule has 0 radical (unpaired) electrons. The van der Waals surface area contributed by atoms with E-state index in [2.05, 4.69) is 72.8 Å². The van der Waals surface area contributed by atoms with E-state index in [-0.39, 0.29) is 0 Å². The van der Waals surface area contributed by atoms with Gasteiger partial charge in [0.25, 0.3) is 0 Å². The van der Waals surface area contributed by atoms with Crippen molar-refractivity contribution in [1.82, 2.24) is 14.5 Å². The van der Waals surface area contributed by atoms with Gasteiger partial charge < -0.3 is 0 Å². The lowest BCUT2D eigenvalue weighted by molar-refractivity contribution is 0.720. The zero-order valence-electron chi connectivity index (χ0n) is 15.9. The summed E-state index contributed by atoms with van der Waals surface area (Å²) in [6, 6.07) is 19.3. The molecule has 0 aliphatic carbocycles. The van der Waals surface area contributed by atoms with E-state index in [1.165, 1.54) is 27.8 Å². The van der Waals surface area contributed by atoms with E-state index in [0.29, 0.717) is 0 Å². The maximum Gasteiger partial charge on any atom is 0.170 e. The van der Waals surface area contributed by atoms with Gasteiger partial charge in [0.05, 0.1) is 6.54 Å². The highest BCUT2D eigenvalue weighted by Gasteiger charge is 2.14. The van der Waals surface area contributed by atoms with Gasteiger partial charge in [0.2, 0.25) is 0 Å². The Balaban J connectivity index is 1.69. The first-order valence-corrected chi connectivity index (χ1v) is 10.1. The number of fused-ring (bicyclic) bond motifs is 1. The molecule has 0 N–H and O–H groups in total. The largest absolute Gasteiger partial charge is 0.299 e. The molecular weight excluding hydrogens is 350 g/mol. The van der Waals surface area contributed by atoms with Crippen molar-refractivity contribution in [3.05, 3.63) is 88.6 Å². The molecule has 2 heterocycles. The minimum Gasteiger partial charge on any atom is -0.299 e. The second-order valence-corrected chi connectivity index (χ2v) is 7.98. The zero-order valence-corrected chi connectivity index (χ0v) is 16.8. The molecule has 0 amide bonds. The Hall–Kier alpha value is -2.59. The molecule has 27 heavy (non-hydrogen) atoms. The molecule has 2 aromatic carbocycles. The van der Waals surface area contributed by atoms with Crippen molar-refractivity contribution in [2.24, 2.45) is 0 Å². The predicted molar refractivity (Wildman–Crippen MR) is 113 cm³/mol. The number of thioether (sulfide) groups is 1. The minimum absolute atomic E-state index is 0.789. The molecule has 0 bridgehead atoms. The Morgan fingerprint density at radius 2 is 1.78 bits per heavy atom. The van der Waals surface area contributed by atoms with Gasteiger partial charge in [0.1, 0.15) is 5.52 Å². The monoisotopic (exact) mass is 373 g/mol. The van der Waals surface area contributed by atoms with Gasteiger partial charge >= 0.3 is 0 Å². The first kappa shape index (κ1) is 17.8. The molecule has 3 nitrogen and oxygen atoms in total. The van der Waals surface area contributed by atoms with Crippen LogP contribution in [0.15, 0.2) is 66.0 Å². The summed E-state index contributed by atoms with van der Waals surface area (Å²) in [6.07, 6.45) is 1.85. The first-order valence-electron chi connectivity index (χ1n) is 9.16. The Morgan fingerprint density at radius 1 is 0.926 bits per heavy atom. The van der Waals surface area contributed by atoms with Crippen LogP contribution in [0.25, 0.3) is 11.2 Å². The molecule has 0 fully saturated rings. The van der Waals surface area contributed by atoms with E-state index < -0.39 is 0 Å². The van der Waals surface area contributed by atoms with E-state index in [1.54, 1.807) is 11.8 Å². The van der Waals surface area contributed by atoms with Gasteiger partial charge in [-0.3, -0.25) is 4.57 Å². The minimum atomic E-state index is 0.789. The fourth-order valence-corrected chi connectivity index (χ4v) is 4.23. The van der Waals surface area contributed by atoms with Crippen LogP contribution in [0, 0.1) is 20.8 Å². The number of hydrogen-bond donors (Lipinski definition) is 0. The van der Waals surface area contributed by atoms with E-state index in [1.807, 2.05) is 18.3 Å². The maximum atomic E-state index is 4.86. The Morgan fingerprint density at radius 3 is 2.63 bits per heavy atom. The van der Waals surface area contributed by atoms with Crippen LogP contribution in [0.5, 0.6) is 0 Å². The highest BCUT2D eigenvalue weighted by Crippen LogP contribution is 2.27.